The van der Waals surface area contributed by atoms with Gasteiger partial charge in [-0.3, -0.25) is 4.79 Å². The van der Waals surface area contributed by atoms with Crippen LogP contribution in [0.5, 0.6) is 0 Å². The molecule has 1 aromatic heterocycles. The third-order valence-electron chi connectivity index (χ3n) is 7.05. The Bertz CT molecular complexity index is 974. The Morgan fingerprint density at radius 1 is 1.21 bits per heavy atom. The van der Waals surface area contributed by atoms with Crippen LogP contribution in [0, 0.1) is 25.7 Å². The Hall–Kier alpha value is -2.25. The number of benzene rings is 1. The SMILES string of the molecule is Cc1ccc(NC(=O)CC(CC(O)O)c2nnn(C3CC(CC(C)C)C3)c2C2CC2)c(C)c1. The number of nitrogens with one attached hydrogen (secondary N) is 1. The summed E-state index contributed by atoms with van der Waals surface area (Å²) >= 11 is 0. The summed E-state index contributed by atoms with van der Waals surface area (Å²) in [5.74, 6) is 1.33. The highest BCUT2D eigenvalue weighted by atomic mass is 16.5. The molecule has 0 saturated heterocycles. The smallest absolute Gasteiger partial charge is 0.225 e. The van der Waals surface area contributed by atoms with Gasteiger partial charge in [0.2, 0.25) is 5.91 Å². The maximum atomic E-state index is 12.9. The Morgan fingerprint density at radius 3 is 2.55 bits per heavy atom. The summed E-state index contributed by atoms with van der Waals surface area (Å²) in [6.45, 7) is 8.53. The van der Waals surface area contributed by atoms with Gasteiger partial charge < -0.3 is 15.5 Å². The van der Waals surface area contributed by atoms with Gasteiger partial charge in [-0.15, -0.1) is 5.10 Å². The summed E-state index contributed by atoms with van der Waals surface area (Å²) in [6, 6.07) is 6.29. The lowest BCUT2D eigenvalue weighted by Crippen LogP contribution is -2.29. The predicted octanol–water partition coefficient (Wildman–Crippen LogP) is 4.58. The number of nitrogens with zero attached hydrogens (tertiary/aromatic N) is 3. The van der Waals surface area contributed by atoms with Crippen molar-refractivity contribution in [2.45, 2.75) is 96.8 Å². The standard InChI is InChI=1S/C26H38N4O3/c1-15(2)9-18-11-21(12-18)30-26(19-6-7-19)25(28-29-30)20(14-24(32)33)13-23(31)27-22-8-5-16(3)10-17(22)4/h5,8,10,15,18-21,24,32-33H,6-7,9,11-14H2,1-4H3,(H,27,31). The zero-order chi connectivity index (χ0) is 23.7. The third-order valence-corrected chi connectivity index (χ3v) is 7.05. The van der Waals surface area contributed by atoms with E-state index in [1.807, 2.05) is 32.0 Å². The molecule has 1 atom stereocenters. The maximum Gasteiger partial charge on any atom is 0.225 e. The fourth-order valence-electron chi connectivity index (χ4n) is 5.31. The van der Waals surface area contributed by atoms with Crippen LogP contribution in [0.2, 0.25) is 0 Å². The van der Waals surface area contributed by atoms with Crippen LogP contribution < -0.4 is 5.32 Å². The minimum absolute atomic E-state index is 0.0688. The second kappa shape index (κ2) is 9.94. The van der Waals surface area contributed by atoms with Gasteiger partial charge in [0.25, 0.3) is 0 Å². The van der Waals surface area contributed by atoms with Crippen molar-refractivity contribution in [3.63, 3.8) is 0 Å². The van der Waals surface area contributed by atoms with E-state index in [0.717, 1.165) is 59.8 Å². The molecule has 4 rings (SSSR count). The van der Waals surface area contributed by atoms with Crippen molar-refractivity contribution < 1.29 is 15.0 Å². The first-order valence-corrected chi connectivity index (χ1v) is 12.4. The van der Waals surface area contributed by atoms with Gasteiger partial charge in [-0.2, -0.15) is 0 Å². The van der Waals surface area contributed by atoms with Crippen molar-refractivity contribution >= 4 is 11.6 Å². The number of hydrogen-bond donors (Lipinski definition) is 3. The van der Waals surface area contributed by atoms with E-state index in [0.29, 0.717) is 17.9 Å². The zero-order valence-electron chi connectivity index (χ0n) is 20.3. The van der Waals surface area contributed by atoms with Gasteiger partial charge in [-0.1, -0.05) is 36.8 Å². The summed E-state index contributed by atoms with van der Waals surface area (Å²) in [4.78, 5) is 12.9. The lowest BCUT2D eigenvalue weighted by molar-refractivity contribution is -0.117. The van der Waals surface area contributed by atoms with Gasteiger partial charge in [0.1, 0.15) is 0 Å². The molecule has 2 saturated carbocycles. The molecule has 1 amide bonds. The molecule has 0 aliphatic heterocycles. The number of amides is 1. The van der Waals surface area contributed by atoms with Crippen LogP contribution in [0.4, 0.5) is 5.69 Å². The van der Waals surface area contributed by atoms with Gasteiger partial charge in [-0.25, -0.2) is 4.68 Å². The number of anilines is 1. The first-order chi connectivity index (χ1) is 15.7. The number of aromatic nitrogens is 3. The molecule has 1 aromatic carbocycles. The molecule has 7 nitrogen and oxygen atoms in total. The molecule has 7 heteroatoms. The van der Waals surface area contributed by atoms with E-state index in [9.17, 15) is 15.0 Å². The first-order valence-electron chi connectivity index (χ1n) is 12.4. The molecule has 2 aromatic rings. The van der Waals surface area contributed by atoms with Crippen LogP contribution in [0.25, 0.3) is 0 Å². The highest BCUT2D eigenvalue weighted by molar-refractivity contribution is 5.92. The number of aliphatic hydroxyl groups excluding tert-OH is 1. The summed E-state index contributed by atoms with van der Waals surface area (Å²) in [7, 11) is 0. The Kier molecular flexibility index (Phi) is 7.19. The van der Waals surface area contributed by atoms with E-state index in [1.165, 1.54) is 6.42 Å². The molecular weight excluding hydrogens is 416 g/mol. The molecule has 2 fully saturated rings. The van der Waals surface area contributed by atoms with Crippen LogP contribution in [0.3, 0.4) is 0 Å². The molecule has 0 bridgehead atoms. The fourth-order valence-corrected chi connectivity index (χ4v) is 5.31. The molecule has 2 aliphatic carbocycles. The minimum atomic E-state index is -1.50. The van der Waals surface area contributed by atoms with Crippen LogP contribution in [-0.4, -0.2) is 37.4 Å². The van der Waals surface area contributed by atoms with E-state index in [-0.39, 0.29) is 24.7 Å². The number of aryl methyl sites for hydroxylation is 2. The van der Waals surface area contributed by atoms with Gasteiger partial charge in [0.15, 0.2) is 6.29 Å². The zero-order valence-corrected chi connectivity index (χ0v) is 20.3. The van der Waals surface area contributed by atoms with E-state index >= 15 is 0 Å². The summed E-state index contributed by atoms with van der Waals surface area (Å²) in [5.41, 5.74) is 4.82. The van der Waals surface area contributed by atoms with Crippen molar-refractivity contribution in [3.05, 3.63) is 40.7 Å². The molecule has 0 radical (unpaired) electrons. The van der Waals surface area contributed by atoms with E-state index in [1.54, 1.807) is 0 Å². The van der Waals surface area contributed by atoms with Crippen molar-refractivity contribution in [3.8, 4) is 0 Å². The topological polar surface area (TPSA) is 100 Å². The second-order valence-corrected chi connectivity index (χ2v) is 10.7. The molecule has 1 unspecified atom stereocenters. The van der Waals surface area contributed by atoms with Crippen molar-refractivity contribution in [1.29, 1.82) is 0 Å². The van der Waals surface area contributed by atoms with E-state index in [2.05, 4.69) is 34.2 Å². The second-order valence-electron chi connectivity index (χ2n) is 10.7. The van der Waals surface area contributed by atoms with Gasteiger partial charge in [0, 0.05) is 30.4 Å². The number of hydrogen-bond acceptors (Lipinski definition) is 5. The van der Waals surface area contributed by atoms with Crippen LogP contribution in [0.15, 0.2) is 18.2 Å². The van der Waals surface area contributed by atoms with Gasteiger partial charge in [-0.05, 0) is 69.4 Å². The average molecular weight is 455 g/mol. The lowest BCUT2D eigenvalue weighted by atomic mass is 9.75. The molecule has 1 heterocycles. The van der Waals surface area contributed by atoms with Gasteiger partial charge >= 0.3 is 0 Å². The highest BCUT2D eigenvalue weighted by Crippen LogP contribution is 2.48. The number of carbonyl (C=O) groups excluding carboxylic acids is 1. The monoisotopic (exact) mass is 454 g/mol. The number of carbonyl (C=O) groups is 1. The molecule has 180 valence electrons. The van der Waals surface area contributed by atoms with Gasteiger partial charge in [0.05, 0.1) is 17.4 Å². The molecule has 2 aliphatic rings. The molecule has 0 spiro atoms. The van der Waals surface area contributed by atoms with Crippen molar-refractivity contribution in [1.82, 2.24) is 15.0 Å². The van der Waals surface area contributed by atoms with Crippen LogP contribution in [-0.2, 0) is 4.79 Å². The first kappa shape index (κ1) is 23.9. The molecule has 3 N–H and O–H groups in total. The maximum absolute atomic E-state index is 12.9. The van der Waals surface area contributed by atoms with Crippen molar-refractivity contribution in [2.75, 3.05) is 5.32 Å². The summed E-state index contributed by atoms with van der Waals surface area (Å²) < 4.78 is 2.10. The number of rotatable bonds is 10. The van der Waals surface area contributed by atoms with Crippen LogP contribution >= 0.6 is 0 Å². The normalized spacial score (nSPS) is 21.3. The summed E-state index contributed by atoms with van der Waals surface area (Å²) in [6.07, 6.45) is 4.41. The number of aliphatic hydroxyl groups is 2. The van der Waals surface area contributed by atoms with E-state index in [4.69, 9.17) is 0 Å². The minimum Gasteiger partial charge on any atom is -0.368 e. The Balaban J connectivity index is 1.51. The average Bonchev–Trinajstić information content (AvgIpc) is 3.44. The Labute approximate surface area is 196 Å². The lowest BCUT2D eigenvalue weighted by Gasteiger charge is -2.37. The highest BCUT2D eigenvalue weighted by Gasteiger charge is 2.40. The van der Waals surface area contributed by atoms with E-state index < -0.39 is 6.29 Å². The Morgan fingerprint density at radius 2 is 1.94 bits per heavy atom. The molecule has 33 heavy (non-hydrogen) atoms. The third kappa shape index (κ3) is 5.82. The largest absolute Gasteiger partial charge is 0.368 e. The fraction of sp³-hybridized carbons (Fsp3) is 0.654. The quantitative estimate of drug-likeness (QED) is 0.456. The van der Waals surface area contributed by atoms with Crippen LogP contribution in [0.1, 0.15) is 99.2 Å². The summed E-state index contributed by atoms with van der Waals surface area (Å²) in [5, 5.41) is 31.6. The molecular formula is C26H38N4O3. The predicted molar refractivity (Wildman–Crippen MR) is 128 cm³/mol. The van der Waals surface area contributed by atoms with Crippen molar-refractivity contribution in [2.24, 2.45) is 11.8 Å².